The molecule has 6 heteroatoms. The van der Waals surface area contributed by atoms with Crippen LogP contribution in [0.15, 0.2) is 4.52 Å². The van der Waals surface area contributed by atoms with Crippen molar-refractivity contribution in [1.29, 1.82) is 0 Å². The van der Waals surface area contributed by atoms with Crippen molar-refractivity contribution in [1.82, 2.24) is 10.1 Å². The van der Waals surface area contributed by atoms with Gasteiger partial charge in [0.1, 0.15) is 6.10 Å². The largest absolute Gasteiger partial charge is 0.368 e. The molecule has 5 nitrogen and oxygen atoms in total. The summed E-state index contributed by atoms with van der Waals surface area (Å²) >= 11 is 1.85. The molecule has 2 atom stereocenters. The van der Waals surface area contributed by atoms with Crippen LogP contribution < -0.4 is 5.73 Å². The lowest BCUT2D eigenvalue weighted by molar-refractivity contribution is 0.0677. The molecule has 0 radical (unpaired) electrons. The molecule has 0 aromatic carbocycles. The van der Waals surface area contributed by atoms with Crippen LogP contribution in [0.3, 0.4) is 0 Å². The van der Waals surface area contributed by atoms with Crippen LogP contribution in [0.25, 0.3) is 0 Å². The maximum atomic E-state index is 6.15. The first-order chi connectivity index (χ1) is 8.13. The molecule has 1 aliphatic rings. The van der Waals surface area contributed by atoms with Gasteiger partial charge in [0.15, 0.2) is 0 Å². The van der Waals surface area contributed by atoms with Gasteiger partial charge < -0.3 is 15.0 Å². The predicted octanol–water partition coefficient (Wildman–Crippen LogP) is 1.85. The molecule has 2 unspecified atom stereocenters. The Balaban J connectivity index is 2.09. The van der Waals surface area contributed by atoms with E-state index in [1.807, 2.05) is 18.7 Å². The van der Waals surface area contributed by atoms with Gasteiger partial charge in [-0.1, -0.05) is 18.5 Å². The van der Waals surface area contributed by atoms with E-state index in [2.05, 4.69) is 17.1 Å². The van der Waals surface area contributed by atoms with Crippen molar-refractivity contribution in [2.24, 2.45) is 5.73 Å². The van der Waals surface area contributed by atoms with E-state index >= 15 is 0 Å². The van der Waals surface area contributed by atoms with E-state index < -0.39 is 5.54 Å². The molecule has 0 saturated carbocycles. The fourth-order valence-electron chi connectivity index (χ4n) is 1.86. The molecule has 1 fully saturated rings. The number of hydrogen-bond donors (Lipinski definition) is 1. The predicted molar refractivity (Wildman–Crippen MR) is 66.8 cm³/mol. The molecular formula is C11H19N3O2S. The highest BCUT2D eigenvalue weighted by atomic mass is 32.2. The van der Waals surface area contributed by atoms with E-state index in [9.17, 15) is 0 Å². The van der Waals surface area contributed by atoms with Crippen LogP contribution in [-0.4, -0.2) is 28.3 Å². The second-order valence-electron chi connectivity index (χ2n) is 4.56. The molecule has 2 heterocycles. The normalized spacial score (nSPS) is 24.5. The van der Waals surface area contributed by atoms with Crippen molar-refractivity contribution in [3.05, 3.63) is 11.7 Å². The fourth-order valence-corrected chi connectivity index (χ4v) is 2.70. The average Bonchev–Trinajstić information content (AvgIpc) is 2.80. The van der Waals surface area contributed by atoms with Gasteiger partial charge in [-0.2, -0.15) is 16.7 Å². The summed E-state index contributed by atoms with van der Waals surface area (Å²) in [6.07, 6.45) is 1.76. The fraction of sp³-hybridized carbons (Fsp3) is 0.818. The molecule has 96 valence electrons. The first-order valence-corrected chi connectivity index (χ1v) is 7.11. The van der Waals surface area contributed by atoms with Crippen molar-refractivity contribution in [2.75, 3.05) is 18.1 Å². The third-order valence-corrected chi connectivity index (χ3v) is 3.80. The summed E-state index contributed by atoms with van der Waals surface area (Å²) in [5.74, 6) is 3.05. The molecule has 2 N–H and O–H groups in total. The van der Waals surface area contributed by atoms with E-state index in [0.29, 0.717) is 11.7 Å². The minimum Gasteiger partial charge on any atom is -0.368 e. The summed E-state index contributed by atoms with van der Waals surface area (Å²) in [5.41, 5.74) is 5.61. The van der Waals surface area contributed by atoms with E-state index in [4.69, 9.17) is 15.0 Å². The Kier molecular flexibility index (Phi) is 4.06. The van der Waals surface area contributed by atoms with Gasteiger partial charge in [-0.05, 0) is 13.3 Å². The highest BCUT2D eigenvalue weighted by molar-refractivity contribution is 7.99. The van der Waals surface area contributed by atoms with Gasteiger partial charge in [0.2, 0.25) is 11.7 Å². The molecule has 0 aliphatic carbocycles. The van der Waals surface area contributed by atoms with Crippen LogP contribution in [0.1, 0.15) is 44.5 Å². The zero-order valence-corrected chi connectivity index (χ0v) is 11.1. The van der Waals surface area contributed by atoms with Crippen molar-refractivity contribution < 1.29 is 9.26 Å². The van der Waals surface area contributed by atoms with Crippen LogP contribution >= 0.6 is 11.8 Å². The molecule has 17 heavy (non-hydrogen) atoms. The van der Waals surface area contributed by atoms with Crippen LogP contribution in [0, 0.1) is 0 Å². The smallest absolute Gasteiger partial charge is 0.246 e. The zero-order chi connectivity index (χ0) is 12.3. The second-order valence-corrected chi connectivity index (χ2v) is 5.71. The van der Waals surface area contributed by atoms with Gasteiger partial charge in [-0.3, -0.25) is 0 Å². The Morgan fingerprint density at radius 2 is 2.41 bits per heavy atom. The van der Waals surface area contributed by atoms with Gasteiger partial charge in [-0.25, -0.2) is 0 Å². The minimum absolute atomic E-state index is 0.0522. The first-order valence-electron chi connectivity index (χ1n) is 5.96. The molecular weight excluding hydrogens is 238 g/mol. The van der Waals surface area contributed by atoms with Gasteiger partial charge in [-0.15, -0.1) is 0 Å². The number of nitrogens with two attached hydrogens (primary N) is 1. The Bertz CT molecular complexity index is 361. The standard InChI is InChI=1S/C11H19N3O2S/c1-3-4-11(2,12)10-13-9(14-16-10)8-7-17-6-5-15-8/h8H,3-7,12H2,1-2H3. The maximum absolute atomic E-state index is 6.15. The van der Waals surface area contributed by atoms with Crippen LogP contribution in [0.4, 0.5) is 0 Å². The number of thioether (sulfide) groups is 1. The molecule has 2 rings (SSSR count). The summed E-state index contributed by atoms with van der Waals surface area (Å²) in [5, 5.41) is 3.98. The molecule has 1 saturated heterocycles. The van der Waals surface area contributed by atoms with Gasteiger partial charge in [0, 0.05) is 11.5 Å². The first kappa shape index (κ1) is 12.9. The molecule has 1 aromatic heterocycles. The van der Waals surface area contributed by atoms with E-state index in [-0.39, 0.29) is 6.10 Å². The SMILES string of the molecule is CCCC(C)(N)c1nc(C2CSCCO2)no1. The number of ether oxygens (including phenoxy) is 1. The van der Waals surface area contributed by atoms with Gasteiger partial charge >= 0.3 is 0 Å². The number of hydrogen-bond acceptors (Lipinski definition) is 6. The Morgan fingerprint density at radius 3 is 3.06 bits per heavy atom. The van der Waals surface area contributed by atoms with Crippen molar-refractivity contribution in [3.63, 3.8) is 0 Å². The Hall–Kier alpha value is -0.590. The monoisotopic (exact) mass is 257 g/mol. The van der Waals surface area contributed by atoms with Gasteiger partial charge in [0.25, 0.3) is 0 Å². The van der Waals surface area contributed by atoms with Crippen molar-refractivity contribution in [3.8, 4) is 0 Å². The summed E-state index contributed by atoms with van der Waals surface area (Å²) < 4.78 is 10.9. The maximum Gasteiger partial charge on any atom is 0.246 e. The molecule has 1 aliphatic heterocycles. The summed E-state index contributed by atoms with van der Waals surface area (Å²) in [6, 6.07) is 0. The van der Waals surface area contributed by atoms with Gasteiger partial charge in [0.05, 0.1) is 12.1 Å². The summed E-state index contributed by atoms with van der Waals surface area (Å²) in [6.45, 7) is 4.75. The zero-order valence-electron chi connectivity index (χ0n) is 10.3. The quantitative estimate of drug-likeness (QED) is 0.887. The molecule has 0 spiro atoms. The molecule has 1 aromatic rings. The number of rotatable bonds is 4. The third-order valence-electron chi connectivity index (χ3n) is 2.80. The van der Waals surface area contributed by atoms with Crippen molar-refractivity contribution >= 4 is 11.8 Å². The van der Waals surface area contributed by atoms with E-state index in [1.165, 1.54) is 0 Å². The number of aromatic nitrogens is 2. The number of nitrogens with zero attached hydrogens (tertiary/aromatic N) is 2. The van der Waals surface area contributed by atoms with Crippen LogP contribution in [0.2, 0.25) is 0 Å². The Labute approximate surface area is 105 Å². The van der Waals surface area contributed by atoms with E-state index in [1.54, 1.807) is 0 Å². The minimum atomic E-state index is -0.540. The molecule has 0 bridgehead atoms. The topological polar surface area (TPSA) is 74.2 Å². The summed E-state index contributed by atoms with van der Waals surface area (Å²) in [7, 11) is 0. The lowest BCUT2D eigenvalue weighted by Crippen LogP contribution is -2.33. The highest BCUT2D eigenvalue weighted by Gasteiger charge is 2.30. The third kappa shape index (κ3) is 3.00. The molecule has 0 amide bonds. The summed E-state index contributed by atoms with van der Waals surface area (Å²) in [4.78, 5) is 4.38. The van der Waals surface area contributed by atoms with Crippen LogP contribution in [-0.2, 0) is 10.3 Å². The lowest BCUT2D eigenvalue weighted by atomic mass is 9.98. The Morgan fingerprint density at radius 1 is 1.59 bits per heavy atom. The lowest BCUT2D eigenvalue weighted by Gasteiger charge is -2.19. The van der Waals surface area contributed by atoms with Crippen molar-refractivity contribution in [2.45, 2.75) is 38.3 Å². The average molecular weight is 257 g/mol. The van der Waals surface area contributed by atoms with Crippen LogP contribution in [0.5, 0.6) is 0 Å². The second kappa shape index (κ2) is 5.37. The van der Waals surface area contributed by atoms with E-state index in [0.717, 1.165) is 31.0 Å². The highest BCUT2D eigenvalue weighted by Crippen LogP contribution is 2.27.